The molecule has 0 aromatic carbocycles. The van der Waals surface area contributed by atoms with E-state index in [9.17, 15) is 4.79 Å². The van der Waals surface area contributed by atoms with Gasteiger partial charge in [-0.1, -0.05) is 13.0 Å². The summed E-state index contributed by atoms with van der Waals surface area (Å²) >= 11 is 5.29. The van der Waals surface area contributed by atoms with Crippen LogP contribution in [0.1, 0.15) is 20.3 Å². The Hall–Kier alpha value is -0.300. The zero-order valence-electron chi connectivity index (χ0n) is 5.78. The minimum atomic E-state index is 0.0264. The number of alkyl halides is 1. The van der Waals surface area contributed by atoms with Crippen LogP contribution in [0.5, 0.6) is 0 Å². The summed E-state index contributed by atoms with van der Waals surface area (Å²) in [6.07, 6.45) is 2.78. The molecule has 0 aromatic rings. The second kappa shape index (κ2) is 4.57. The molecule has 0 aliphatic rings. The van der Waals surface area contributed by atoms with Crippen molar-refractivity contribution in [1.29, 1.82) is 0 Å². The molecule has 0 rings (SSSR count). The van der Waals surface area contributed by atoms with E-state index in [1.165, 1.54) is 0 Å². The second-order valence-corrected chi connectivity index (χ2v) is 2.12. The first kappa shape index (κ1) is 8.70. The second-order valence-electron chi connectivity index (χ2n) is 1.85. The first-order valence-corrected chi connectivity index (χ1v) is 3.51. The predicted molar refractivity (Wildman–Crippen MR) is 39.8 cm³/mol. The maximum Gasteiger partial charge on any atom is 0.172 e. The summed E-state index contributed by atoms with van der Waals surface area (Å²) in [6.45, 7) is 3.78. The van der Waals surface area contributed by atoms with Crippen LogP contribution in [0, 0.1) is 0 Å². The van der Waals surface area contributed by atoms with Gasteiger partial charge in [-0.3, -0.25) is 4.79 Å². The van der Waals surface area contributed by atoms with Crippen LogP contribution in [0.3, 0.4) is 0 Å². The number of halogens is 1. The molecule has 0 bridgehead atoms. The highest BCUT2D eigenvalue weighted by Gasteiger charge is 1.98. The highest BCUT2D eigenvalue weighted by atomic mass is 35.5. The number of ketones is 1. The minimum Gasteiger partial charge on any atom is -0.293 e. The fourth-order valence-electron chi connectivity index (χ4n) is 0.525. The number of rotatable bonds is 3. The van der Waals surface area contributed by atoms with E-state index in [1.807, 2.05) is 13.0 Å². The number of carbonyl (C=O) groups excluding carboxylic acids is 1. The number of hydrogen-bond donors (Lipinski definition) is 0. The van der Waals surface area contributed by atoms with Crippen molar-refractivity contribution in [3.05, 3.63) is 11.6 Å². The molecule has 0 heterocycles. The van der Waals surface area contributed by atoms with Crippen LogP contribution >= 0.6 is 11.6 Å². The first-order chi connectivity index (χ1) is 4.22. The molecule has 0 spiro atoms. The highest BCUT2D eigenvalue weighted by Crippen LogP contribution is 1.97. The Morgan fingerprint density at radius 3 is 2.56 bits per heavy atom. The van der Waals surface area contributed by atoms with E-state index in [1.54, 1.807) is 6.92 Å². The van der Waals surface area contributed by atoms with E-state index in [2.05, 4.69) is 0 Å². The number of allylic oxidation sites excluding steroid dienone is 2. The van der Waals surface area contributed by atoms with E-state index in [0.29, 0.717) is 0 Å². The molecule has 0 saturated carbocycles. The van der Waals surface area contributed by atoms with Crippen molar-refractivity contribution >= 4 is 17.4 Å². The monoisotopic (exact) mass is 146 g/mol. The Morgan fingerprint density at radius 2 is 2.22 bits per heavy atom. The van der Waals surface area contributed by atoms with E-state index in [-0.39, 0.29) is 11.7 Å². The van der Waals surface area contributed by atoms with Gasteiger partial charge in [-0.15, -0.1) is 11.6 Å². The van der Waals surface area contributed by atoms with Gasteiger partial charge in [0.1, 0.15) is 0 Å². The molecule has 0 N–H and O–H groups in total. The Balaban J connectivity index is 3.86. The molecule has 9 heavy (non-hydrogen) atoms. The molecule has 2 heteroatoms. The topological polar surface area (TPSA) is 17.1 Å². The highest BCUT2D eigenvalue weighted by molar-refractivity contribution is 6.30. The number of hydrogen-bond acceptors (Lipinski definition) is 1. The van der Waals surface area contributed by atoms with Gasteiger partial charge in [0.25, 0.3) is 0 Å². The van der Waals surface area contributed by atoms with Gasteiger partial charge in [0, 0.05) is 0 Å². The third kappa shape index (κ3) is 3.31. The molecule has 0 saturated heterocycles. The zero-order valence-corrected chi connectivity index (χ0v) is 6.53. The van der Waals surface area contributed by atoms with Crippen LogP contribution in [0.4, 0.5) is 0 Å². The number of Topliss-reactive ketones (excluding diaryl/α,β-unsaturated/α-hetero) is 1. The van der Waals surface area contributed by atoms with Crippen molar-refractivity contribution in [1.82, 2.24) is 0 Å². The van der Waals surface area contributed by atoms with Crippen LogP contribution in [0.25, 0.3) is 0 Å². The van der Waals surface area contributed by atoms with Gasteiger partial charge in [0.15, 0.2) is 5.78 Å². The molecular weight excluding hydrogens is 136 g/mol. The molecule has 52 valence electrons. The average molecular weight is 147 g/mol. The summed E-state index contributed by atoms with van der Waals surface area (Å²) < 4.78 is 0. The van der Waals surface area contributed by atoms with Crippen LogP contribution < -0.4 is 0 Å². The fraction of sp³-hybridized carbons (Fsp3) is 0.571. The lowest BCUT2D eigenvalue weighted by molar-refractivity contribution is -0.113. The molecule has 0 fully saturated rings. The summed E-state index contributed by atoms with van der Waals surface area (Å²) in [4.78, 5) is 10.7. The van der Waals surface area contributed by atoms with E-state index in [4.69, 9.17) is 11.6 Å². The van der Waals surface area contributed by atoms with E-state index < -0.39 is 0 Å². The van der Waals surface area contributed by atoms with Gasteiger partial charge in [-0.05, 0) is 18.9 Å². The van der Waals surface area contributed by atoms with Gasteiger partial charge in [0.2, 0.25) is 0 Å². The molecule has 0 aliphatic carbocycles. The maximum absolute atomic E-state index is 10.7. The number of carbonyl (C=O) groups is 1. The standard InChI is InChI=1S/C7H11ClO/c1-3-4-6(2)7(9)5-8/h4H,3,5H2,1-2H3. The molecule has 0 aliphatic heterocycles. The normalized spacial score (nSPS) is 11.7. The minimum absolute atomic E-state index is 0.0264. The summed E-state index contributed by atoms with van der Waals surface area (Å²) in [6, 6.07) is 0. The third-order valence-corrected chi connectivity index (χ3v) is 1.31. The lowest BCUT2D eigenvalue weighted by atomic mass is 10.2. The summed E-state index contributed by atoms with van der Waals surface area (Å²) in [5.74, 6) is 0.126. The van der Waals surface area contributed by atoms with Gasteiger partial charge in [-0.2, -0.15) is 0 Å². The van der Waals surface area contributed by atoms with Gasteiger partial charge in [-0.25, -0.2) is 0 Å². The summed E-state index contributed by atoms with van der Waals surface area (Å²) in [5.41, 5.74) is 0.771. The van der Waals surface area contributed by atoms with Gasteiger partial charge >= 0.3 is 0 Å². The molecule has 0 amide bonds. The fourth-order valence-corrected chi connectivity index (χ4v) is 0.736. The molecule has 0 radical (unpaired) electrons. The zero-order chi connectivity index (χ0) is 7.28. The largest absolute Gasteiger partial charge is 0.293 e. The summed E-state index contributed by atoms with van der Waals surface area (Å²) in [7, 11) is 0. The molecule has 0 unspecified atom stereocenters. The Labute approximate surface area is 60.7 Å². The lowest BCUT2D eigenvalue weighted by Crippen LogP contribution is -1.99. The van der Waals surface area contributed by atoms with Crippen LogP contribution in [-0.2, 0) is 4.79 Å². The molecule has 0 atom stereocenters. The SMILES string of the molecule is CCC=C(C)C(=O)CCl. The van der Waals surface area contributed by atoms with Crippen molar-refractivity contribution < 1.29 is 4.79 Å². The van der Waals surface area contributed by atoms with E-state index in [0.717, 1.165) is 12.0 Å². The molecule has 0 aromatic heterocycles. The first-order valence-electron chi connectivity index (χ1n) is 2.98. The van der Waals surface area contributed by atoms with Gasteiger partial charge in [0.05, 0.1) is 5.88 Å². The van der Waals surface area contributed by atoms with E-state index >= 15 is 0 Å². The van der Waals surface area contributed by atoms with Crippen molar-refractivity contribution in [2.75, 3.05) is 5.88 Å². The van der Waals surface area contributed by atoms with Gasteiger partial charge < -0.3 is 0 Å². The van der Waals surface area contributed by atoms with Crippen molar-refractivity contribution in [3.63, 3.8) is 0 Å². The van der Waals surface area contributed by atoms with Crippen molar-refractivity contribution in [3.8, 4) is 0 Å². The smallest absolute Gasteiger partial charge is 0.172 e. The van der Waals surface area contributed by atoms with Crippen molar-refractivity contribution in [2.45, 2.75) is 20.3 Å². The quantitative estimate of drug-likeness (QED) is 0.441. The van der Waals surface area contributed by atoms with Crippen LogP contribution in [0.15, 0.2) is 11.6 Å². The Morgan fingerprint density at radius 1 is 1.67 bits per heavy atom. The van der Waals surface area contributed by atoms with Crippen LogP contribution in [-0.4, -0.2) is 11.7 Å². The maximum atomic E-state index is 10.7. The lowest BCUT2D eigenvalue weighted by Gasteiger charge is -1.92. The predicted octanol–water partition coefficient (Wildman–Crippen LogP) is 2.15. The Kier molecular flexibility index (Phi) is 4.41. The average Bonchev–Trinajstić information content (AvgIpc) is 1.87. The van der Waals surface area contributed by atoms with Crippen molar-refractivity contribution in [2.24, 2.45) is 0 Å². The van der Waals surface area contributed by atoms with Crippen LogP contribution in [0.2, 0.25) is 0 Å². The summed E-state index contributed by atoms with van der Waals surface area (Å²) in [5, 5.41) is 0. The molecule has 1 nitrogen and oxygen atoms in total. The molecular formula is C7H11ClO. The third-order valence-electron chi connectivity index (χ3n) is 1.07. The Bertz CT molecular complexity index is 127.